The minimum absolute atomic E-state index is 0.0467. The zero-order valence-corrected chi connectivity index (χ0v) is 24.7. The number of rotatable bonds is 12. The standard InChI is InChI=1S/C31H49O2P/c1-12-28(5,6)23-16-19-25(20-17-23)32-31(11,15-4)34-33-27-21-18-24(29(7,8)13-2)22-26(27)30(9,10)14-3/h16-22,34H,12-15H2,1-11H3. The highest BCUT2D eigenvalue weighted by atomic mass is 31.1. The molecule has 0 amide bonds. The van der Waals surface area contributed by atoms with E-state index in [-0.39, 0.29) is 30.4 Å². The van der Waals surface area contributed by atoms with Crippen molar-refractivity contribution in [2.75, 3.05) is 0 Å². The van der Waals surface area contributed by atoms with E-state index >= 15 is 0 Å². The molecule has 0 aromatic heterocycles. The van der Waals surface area contributed by atoms with E-state index in [2.05, 4.69) is 119 Å². The van der Waals surface area contributed by atoms with Crippen LogP contribution >= 0.6 is 8.81 Å². The zero-order valence-electron chi connectivity index (χ0n) is 23.7. The first-order valence-electron chi connectivity index (χ1n) is 13.1. The molecule has 0 N–H and O–H groups in total. The van der Waals surface area contributed by atoms with Gasteiger partial charge in [-0.05, 0) is 78.2 Å². The molecule has 34 heavy (non-hydrogen) atoms. The number of hydrogen-bond donors (Lipinski definition) is 0. The summed E-state index contributed by atoms with van der Waals surface area (Å²) in [4.78, 5) is 0. The van der Waals surface area contributed by atoms with E-state index in [4.69, 9.17) is 9.26 Å². The van der Waals surface area contributed by atoms with Crippen LogP contribution in [0.2, 0.25) is 0 Å². The Balaban J connectivity index is 2.27. The Kier molecular flexibility index (Phi) is 9.31. The zero-order chi connectivity index (χ0) is 25.8. The molecule has 0 aliphatic rings. The van der Waals surface area contributed by atoms with Crippen molar-refractivity contribution in [3.63, 3.8) is 0 Å². The molecule has 2 unspecified atom stereocenters. The van der Waals surface area contributed by atoms with Gasteiger partial charge in [-0.15, -0.1) is 0 Å². The Bertz CT molecular complexity index is 927. The fraction of sp³-hybridized carbons (Fsp3) is 0.613. The minimum Gasteiger partial charge on any atom is -0.480 e. The van der Waals surface area contributed by atoms with Crippen LogP contribution in [0, 0.1) is 0 Å². The predicted molar refractivity (Wildman–Crippen MR) is 151 cm³/mol. The fourth-order valence-electron chi connectivity index (χ4n) is 3.73. The average Bonchev–Trinajstić information content (AvgIpc) is 2.83. The maximum Gasteiger partial charge on any atom is 0.157 e. The van der Waals surface area contributed by atoms with Crippen LogP contribution in [0.15, 0.2) is 42.5 Å². The Morgan fingerprint density at radius 2 is 1.12 bits per heavy atom. The summed E-state index contributed by atoms with van der Waals surface area (Å²) in [7, 11) is 0.204. The lowest BCUT2D eigenvalue weighted by Crippen LogP contribution is -2.27. The van der Waals surface area contributed by atoms with E-state index in [9.17, 15) is 0 Å². The van der Waals surface area contributed by atoms with Crippen molar-refractivity contribution in [3.8, 4) is 11.5 Å². The molecule has 190 valence electrons. The topological polar surface area (TPSA) is 18.5 Å². The van der Waals surface area contributed by atoms with Gasteiger partial charge < -0.3 is 9.26 Å². The highest BCUT2D eigenvalue weighted by Gasteiger charge is 2.30. The van der Waals surface area contributed by atoms with E-state index in [0.717, 1.165) is 37.2 Å². The Hall–Kier alpha value is -1.53. The van der Waals surface area contributed by atoms with E-state index in [0.29, 0.717) is 0 Å². The summed E-state index contributed by atoms with van der Waals surface area (Å²) in [6, 6.07) is 15.4. The lowest BCUT2D eigenvalue weighted by Gasteiger charge is -2.33. The van der Waals surface area contributed by atoms with Gasteiger partial charge in [0, 0.05) is 5.56 Å². The first-order valence-corrected chi connectivity index (χ1v) is 14.0. The van der Waals surface area contributed by atoms with Crippen molar-refractivity contribution in [1.82, 2.24) is 0 Å². The molecule has 2 atom stereocenters. The Morgan fingerprint density at radius 1 is 0.618 bits per heavy atom. The van der Waals surface area contributed by atoms with Gasteiger partial charge in [-0.3, -0.25) is 0 Å². The second-order valence-corrected chi connectivity index (χ2v) is 13.3. The van der Waals surface area contributed by atoms with E-state index < -0.39 is 0 Å². The van der Waals surface area contributed by atoms with Crippen molar-refractivity contribution in [2.24, 2.45) is 0 Å². The largest absolute Gasteiger partial charge is 0.480 e. The molecule has 0 fully saturated rings. The van der Waals surface area contributed by atoms with Gasteiger partial charge in [0.2, 0.25) is 0 Å². The molecule has 2 rings (SSSR count). The molecule has 0 saturated heterocycles. The molecule has 0 spiro atoms. The van der Waals surface area contributed by atoms with Crippen LogP contribution in [0.4, 0.5) is 0 Å². The first kappa shape index (κ1) is 28.7. The van der Waals surface area contributed by atoms with E-state index in [1.807, 2.05) is 0 Å². The van der Waals surface area contributed by atoms with Crippen LogP contribution < -0.4 is 9.26 Å². The molecule has 0 aliphatic carbocycles. The van der Waals surface area contributed by atoms with Crippen LogP contribution in [0.25, 0.3) is 0 Å². The van der Waals surface area contributed by atoms with Crippen LogP contribution in [0.3, 0.4) is 0 Å². The van der Waals surface area contributed by atoms with Crippen LogP contribution in [0.5, 0.6) is 11.5 Å². The van der Waals surface area contributed by atoms with E-state index in [1.165, 1.54) is 16.7 Å². The molecule has 0 aliphatic heterocycles. The van der Waals surface area contributed by atoms with Crippen molar-refractivity contribution in [1.29, 1.82) is 0 Å². The fourth-order valence-corrected chi connectivity index (χ4v) is 4.54. The summed E-state index contributed by atoms with van der Waals surface area (Å²) in [5.74, 6) is 1.90. The van der Waals surface area contributed by atoms with Gasteiger partial charge in [0.15, 0.2) is 5.34 Å². The van der Waals surface area contributed by atoms with Gasteiger partial charge >= 0.3 is 0 Å². The molecule has 0 radical (unpaired) electrons. The SMILES string of the molecule is CCC(C)(Oc1ccc(C(C)(C)CC)cc1)POc1ccc(C(C)(C)CC)cc1C(C)(C)CC. The number of benzene rings is 2. The molecular weight excluding hydrogens is 435 g/mol. The predicted octanol–water partition coefficient (Wildman–Crippen LogP) is 9.93. The Labute approximate surface area is 212 Å². The van der Waals surface area contributed by atoms with Gasteiger partial charge in [0.1, 0.15) is 20.3 Å². The summed E-state index contributed by atoms with van der Waals surface area (Å²) < 4.78 is 13.1. The maximum absolute atomic E-state index is 6.55. The summed E-state index contributed by atoms with van der Waals surface area (Å²) >= 11 is 0. The summed E-state index contributed by atoms with van der Waals surface area (Å²) in [6.07, 6.45) is 4.16. The van der Waals surface area contributed by atoms with Crippen molar-refractivity contribution < 1.29 is 9.26 Å². The third kappa shape index (κ3) is 6.78. The maximum atomic E-state index is 6.55. The average molecular weight is 485 g/mol. The first-order chi connectivity index (χ1) is 15.7. The second-order valence-electron chi connectivity index (χ2n) is 11.8. The Morgan fingerprint density at radius 3 is 1.62 bits per heavy atom. The van der Waals surface area contributed by atoms with E-state index in [1.54, 1.807) is 0 Å². The van der Waals surface area contributed by atoms with Gasteiger partial charge in [-0.1, -0.05) is 93.5 Å². The van der Waals surface area contributed by atoms with Gasteiger partial charge in [-0.2, -0.15) is 0 Å². The number of hydrogen-bond acceptors (Lipinski definition) is 2. The molecule has 0 heterocycles. The molecule has 2 nitrogen and oxygen atoms in total. The van der Waals surface area contributed by atoms with Crippen LogP contribution in [-0.4, -0.2) is 5.34 Å². The molecule has 3 heteroatoms. The number of ether oxygens (including phenoxy) is 1. The van der Waals surface area contributed by atoms with Crippen molar-refractivity contribution in [2.45, 2.75) is 123 Å². The minimum atomic E-state index is -0.378. The lowest BCUT2D eigenvalue weighted by atomic mass is 9.76. The van der Waals surface area contributed by atoms with Crippen LogP contribution in [0.1, 0.15) is 119 Å². The molecular formula is C31H49O2P. The molecule has 2 aromatic carbocycles. The van der Waals surface area contributed by atoms with Gasteiger partial charge in [-0.25, -0.2) is 0 Å². The lowest BCUT2D eigenvalue weighted by molar-refractivity contribution is 0.170. The second kappa shape index (κ2) is 11.0. The van der Waals surface area contributed by atoms with Gasteiger partial charge in [0.25, 0.3) is 0 Å². The highest BCUT2D eigenvalue weighted by Crippen LogP contribution is 2.44. The monoisotopic (exact) mass is 484 g/mol. The quantitative estimate of drug-likeness (QED) is 0.279. The summed E-state index contributed by atoms with van der Waals surface area (Å²) in [5.41, 5.74) is 4.40. The van der Waals surface area contributed by atoms with Crippen molar-refractivity contribution >= 4 is 8.81 Å². The molecule has 0 saturated carbocycles. The normalized spacial score (nSPS) is 14.9. The van der Waals surface area contributed by atoms with Gasteiger partial charge in [0.05, 0.1) is 0 Å². The highest BCUT2D eigenvalue weighted by molar-refractivity contribution is 7.34. The van der Waals surface area contributed by atoms with Crippen LogP contribution in [-0.2, 0) is 16.2 Å². The molecule has 0 bridgehead atoms. The smallest absolute Gasteiger partial charge is 0.157 e. The third-order valence-corrected chi connectivity index (χ3v) is 9.38. The third-order valence-electron chi connectivity index (χ3n) is 8.17. The summed E-state index contributed by atoms with van der Waals surface area (Å²) in [5, 5.41) is -0.378. The molecule has 2 aromatic rings. The van der Waals surface area contributed by atoms with Crippen molar-refractivity contribution in [3.05, 3.63) is 59.2 Å². The summed E-state index contributed by atoms with van der Waals surface area (Å²) in [6.45, 7) is 24.9.